The van der Waals surface area contributed by atoms with Crippen molar-refractivity contribution in [2.45, 2.75) is 17.5 Å². The van der Waals surface area contributed by atoms with Crippen LogP contribution in [0, 0.1) is 10.1 Å². The lowest BCUT2D eigenvalue weighted by Crippen LogP contribution is -2.35. The molecule has 1 aliphatic rings. The molecule has 2 aromatic rings. The van der Waals surface area contributed by atoms with Crippen LogP contribution in [0.3, 0.4) is 0 Å². The molecule has 32 heavy (non-hydrogen) atoms. The summed E-state index contributed by atoms with van der Waals surface area (Å²) in [5, 5.41) is 11.2. The monoisotopic (exact) mass is 472 g/mol. The van der Waals surface area contributed by atoms with E-state index in [0.29, 0.717) is 18.8 Å². The smallest absolute Gasteiger partial charge is 0.355 e. The van der Waals surface area contributed by atoms with E-state index in [0.717, 1.165) is 36.7 Å². The largest absolute Gasteiger partial charge is 0.417 e. The number of benzene rings is 1. The molecule has 1 aromatic heterocycles. The average Bonchev–Trinajstić information content (AvgIpc) is 2.98. The van der Waals surface area contributed by atoms with Gasteiger partial charge in [-0.05, 0) is 24.6 Å². The number of pyridine rings is 1. The van der Waals surface area contributed by atoms with Crippen molar-refractivity contribution >= 4 is 27.2 Å². The van der Waals surface area contributed by atoms with Gasteiger partial charge in [-0.25, -0.2) is 13.4 Å². The highest BCUT2D eigenvalue weighted by Crippen LogP contribution is 2.29. The van der Waals surface area contributed by atoms with Crippen molar-refractivity contribution in [3.8, 4) is 0 Å². The number of halogens is 3. The van der Waals surface area contributed by atoms with E-state index >= 15 is 0 Å². The summed E-state index contributed by atoms with van der Waals surface area (Å²) < 4.78 is 61.9. The maximum atomic E-state index is 13.0. The van der Waals surface area contributed by atoms with E-state index in [-0.39, 0.29) is 30.1 Å². The van der Waals surface area contributed by atoms with E-state index in [4.69, 9.17) is 0 Å². The van der Waals surface area contributed by atoms with Gasteiger partial charge in [-0.1, -0.05) is 0 Å². The third-order valence-corrected chi connectivity index (χ3v) is 6.05. The molecule has 2 heterocycles. The zero-order valence-electron chi connectivity index (χ0n) is 16.9. The van der Waals surface area contributed by atoms with Gasteiger partial charge in [-0.2, -0.15) is 13.2 Å². The van der Waals surface area contributed by atoms with Gasteiger partial charge in [-0.3, -0.25) is 14.9 Å². The highest BCUT2D eigenvalue weighted by atomic mass is 32.2. The first-order valence-electron chi connectivity index (χ1n) is 9.43. The second-order valence-corrected chi connectivity index (χ2v) is 9.30. The number of anilines is 1. The summed E-state index contributed by atoms with van der Waals surface area (Å²) >= 11 is 0. The van der Waals surface area contributed by atoms with E-state index in [1.807, 2.05) is 0 Å². The molecule has 1 aliphatic heterocycles. The molecule has 13 heteroatoms. The molecule has 1 aromatic carbocycles. The summed E-state index contributed by atoms with van der Waals surface area (Å²) in [5.74, 6) is -0.233. The Balaban J connectivity index is 1.79. The average molecular weight is 472 g/mol. The van der Waals surface area contributed by atoms with Crippen LogP contribution in [0.4, 0.5) is 24.7 Å². The number of nitro groups is 1. The van der Waals surface area contributed by atoms with Gasteiger partial charge in [0.05, 0.1) is 15.4 Å². The van der Waals surface area contributed by atoms with Crippen molar-refractivity contribution in [1.82, 2.24) is 9.88 Å². The minimum Gasteiger partial charge on any atom is -0.355 e. The van der Waals surface area contributed by atoms with Crippen LogP contribution >= 0.6 is 0 Å². The number of hydrogen-bond acceptors (Lipinski definition) is 7. The lowest BCUT2D eigenvalue weighted by atomic mass is 10.1. The number of hydrogen-bond donors (Lipinski definition) is 0. The number of amides is 1. The van der Waals surface area contributed by atoms with Crippen molar-refractivity contribution in [2.75, 3.05) is 37.3 Å². The van der Waals surface area contributed by atoms with Crippen LogP contribution in [-0.4, -0.2) is 61.6 Å². The predicted octanol–water partition coefficient (Wildman–Crippen LogP) is 2.76. The molecule has 0 spiro atoms. The third kappa shape index (κ3) is 5.33. The maximum Gasteiger partial charge on any atom is 0.417 e. The Labute approximate surface area is 181 Å². The number of aromatic nitrogens is 1. The van der Waals surface area contributed by atoms with Crippen LogP contribution in [0.1, 0.15) is 22.3 Å². The quantitative estimate of drug-likeness (QED) is 0.497. The molecule has 172 valence electrons. The Morgan fingerprint density at radius 3 is 2.41 bits per heavy atom. The molecule has 0 unspecified atom stereocenters. The molecule has 1 saturated heterocycles. The predicted molar refractivity (Wildman–Crippen MR) is 108 cm³/mol. The molecule has 0 atom stereocenters. The maximum absolute atomic E-state index is 13.0. The number of non-ortho nitro benzene ring substituents is 1. The van der Waals surface area contributed by atoms with Crippen molar-refractivity contribution in [3.05, 3.63) is 57.8 Å². The normalized spacial score (nSPS) is 15.4. The molecular weight excluding hydrogens is 453 g/mol. The Kier molecular flexibility index (Phi) is 6.39. The topological polar surface area (TPSA) is 114 Å². The Morgan fingerprint density at radius 2 is 1.84 bits per heavy atom. The molecule has 0 N–H and O–H groups in total. The Morgan fingerprint density at radius 1 is 1.12 bits per heavy atom. The molecule has 0 bridgehead atoms. The number of nitro benzene ring substituents is 1. The number of alkyl halides is 3. The number of rotatable bonds is 4. The summed E-state index contributed by atoms with van der Waals surface area (Å²) in [6.07, 6.45) is -2.38. The van der Waals surface area contributed by atoms with Crippen molar-refractivity contribution < 1.29 is 31.3 Å². The van der Waals surface area contributed by atoms with Crippen molar-refractivity contribution in [1.29, 1.82) is 0 Å². The standard InChI is InChI=1S/C19H19F3N4O5S/c1-32(30,31)16-10-13(9-15(11-16)26(28)29)18(27)25-6-2-5-24(7-8-25)17-4-3-14(12-23-17)19(20,21)22/h3-4,9-12H,2,5-8H2,1H3. The summed E-state index contributed by atoms with van der Waals surface area (Å²) in [5.41, 5.74) is -1.50. The van der Waals surface area contributed by atoms with Crippen LogP contribution in [0.25, 0.3) is 0 Å². The van der Waals surface area contributed by atoms with E-state index < -0.39 is 38.1 Å². The van der Waals surface area contributed by atoms with Gasteiger partial charge < -0.3 is 9.80 Å². The van der Waals surface area contributed by atoms with E-state index in [9.17, 15) is 36.5 Å². The summed E-state index contributed by atoms with van der Waals surface area (Å²) in [6, 6.07) is 5.22. The summed E-state index contributed by atoms with van der Waals surface area (Å²) in [6.45, 7) is 1.18. The molecule has 0 aliphatic carbocycles. The first kappa shape index (κ1) is 23.4. The van der Waals surface area contributed by atoms with Gasteiger partial charge in [0, 0.05) is 56.3 Å². The molecular formula is C19H19F3N4O5S. The fourth-order valence-corrected chi connectivity index (χ4v) is 3.98. The summed E-state index contributed by atoms with van der Waals surface area (Å²) in [4.78, 5) is 30.1. The van der Waals surface area contributed by atoms with Gasteiger partial charge >= 0.3 is 6.18 Å². The Hall–Kier alpha value is -3.22. The lowest BCUT2D eigenvalue weighted by molar-refractivity contribution is -0.385. The molecule has 0 radical (unpaired) electrons. The minimum absolute atomic E-state index is 0.124. The number of carbonyl (C=O) groups excluding carboxylic acids is 1. The number of sulfone groups is 1. The van der Waals surface area contributed by atoms with Crippen molar-refractivity contribution in [3.63, 3.8) is 0 Å². The van der Waals surface area contributed by atoms with Crippen LogP contribution in [0.5, 0.6) is 0 Å². The third-order valence-electron chi connectivity index (χ3n) is 4.96. The highest BCUT2D eigenvalue weighted by molar-refractivity contribution is 7.90. The van der Waals surface area contributed by atoms with Crippen LogP contribution in [-0.2, 0) is 16.0 Å². The van der Waals surface area contributed by atoms with Crippen LogP contribution in [0.2, 0.25) is 0 Å². The van der Waals surface area contributed by atoms with E-state index in [1.165, 1.54) is 11.0 Å². The molecule has 1 fully saturated rings. The first-order chi connectivity index (χ1) is 14.9. The molecule has 1 amide bonds. The van der Waals surface area contributed by atoms with E-state index in [1.54, 1.807) is 4.90 Å². The second-order valence-electron chi connectivity index (χ2n) is 7.28. The first-order valence-corrected chi connectivity index (χ1v) is 11.3. The van der Waals surface area contributed by atoms with Crippen molar-refractivity contribution in [2.24, 2.45) is 0 Å². The SMILES string of the molecule is CS(=O)(=O)c1cc(C(=O)N2CCCN(c3ccc(C(F)(F)F)cn3)CC2)cc([N+](=O)[O-])c1. The molecule has 9 nitrogen and oxygen atoms in total. The fourth-order valence-electron chi connectivity index (χ4n) is 3.30. The molecule has 3 rings (SSSR count). The zero-order valence-corrected chi connectivity index (χ0v) is 17.7. The van der Waals surface area contributed by atoms with Gasteiger partial charge in [-0.15, -0.1) is 0 Å². The fraction of sp³-hybridized carbons (Fsp3) is 0.368. The van der Waals surface area contributed by atoms with Gasteiger partial charge in [0.15, 0.2) is 9.84 Å². The zero-order chi connectivity index (χ0) is 23.7. The molecule has 0 saturated carbocycles. The van der Waals surface area contributed by atoms with Crippen LogP contribution < -0.4 is 4.90 Å². The highest BCUT2D eigenvalue weighted by Gasteiger charge is 2.31. The number of nitrogens with zero attached hydrogens (tertiary/aromatic N) is 4. The lowest BCUT2D eigenvalue weighted by Gasteiger charge is -2.23. The Bertz CT molecular complexity index is 1140. The minimum atomic E-state index is -4.49. The van der Waals surface area contributed by atoms with Gasteiger partial charge in [0.2, 0.25) is 0 Å². The number of carbonyl (C=O) groups is 1. The van der Waals surface area contributed by atoms with E-state index in [2.05, 4.69) is 4.98 Å². The summed E-state index contributed by atoms with van der Waals surface area (Å²) in [7, 11) is -3.78. The second kappa shape index (κ2) is 8.73. The van der Waals surface area contributed by atoms with Gasteiger partial charge in [0.1, 0.15) is 5.82 Å². The van der Waals surface area contributed by atoms with Gasteiger partial charge in [0.25, 0.3) is 11.6 Å². The van der Waals surface area contributed by atoms with Crippen LogP contribution in [0.15, 0.2) is 41.4 Å².